The molecule has 0 bridgehead atoms. The second-order valence-corrected chi connectivity index (χ2v) is 18.8. The van der Waals surface area contributed by atoms with Gasteiger partial charge in [0.25, 0.3) is 0 Å². The van der Waals surface area contributed by atoms with Crippen LogP contribution in [0, 0.1) is 0 Å². The predicted molar refractivity (Wildman–Crippen MR) is 284 cm³/mol. The van der Waals surface area contributed by atoms with Crippen molar-refractivity contribution in [3.63, 3.8) is 0 Å². The molecule has 6 nitrogen and oxygen atoms in total. The Balaban J connectivity index is 4.41. The Labute approximate surface area is 409 Å². The summed E-state index contributed by atoms with van der Waals surface area (Å²) in [5.74, 6) is -0.898. The van der Waals surface area contributed by atoms with Crippen LogP contribution in [0.4, 0.5) is 0 Å². The highest BCUT2D eigenvalue weighted by Crippen LogP contribution is 2.15. The first-order valence-electron chi connectivity index (χ1n) is 28.3. The molecule has 0 saturated heterocycles. The molecule has 0 aromatic heterocycles. The van der Waals surface area contributed by atoms with Gasteiger partial charge in [-0.2, -0.15) is 0 Å². The van der Waals surface area contributed by atoms with Gasteiger partial charge in [-0.1, -0.05) is 216 Å². The third-order valence-corrected chi connectivity index (χ3v) is 12.2. The van der Waals surface area contributed by atoms with E-state index in [1.165, 1.54) is 154 Å². The number of carbonyl (C=O) groups is 3. The SMILES string of the molecule is CCCCC/C=C\C/C=C\CCCCCCCCCC(=O)OCC(COC(=O)CCCCCCC/C=C\CCCCCCC)OC(=O)CCCCCCCCC/C=C\C/C=C\CCCCC. The molecule has 0 N–H and O–H groups in total. The minimum Gasteiger partial charge on any atom is -0.462 e. The molecule has 0 saturated carbocycles. The van der Waals surface area contributed by atoms with Gasteiger partial charge in [0.15, 0.2) is 6.10 Å². The van der Waals surface area contributed by atoms with E-state index in [1.807, 2.05) is 0 Å². The zero-order valence-corrected chi connectivity index (χ0v) is 43.7. The largest absolute Gasteiger partial charge is 0.462 e. The summed E-state index contributed by atoms with van der Waals surface area (Å²) in [6.45, 7) is 6.58. The fourth-order valence-electron chi connectivity index (χ4n) is 7.91. The van der Waals surface area contributed by atoms with Crippen molar-refractivity contribution in [3.8, 4) is 0 Å². The fourth-order valence-corrected chi connectivity index (χ4v) is 7.91. The highest BCUT2D eigenvalue weighted by Gasteiger charge is 2.19. The molecule has 0 radical (unpaired) electrons. The van der Waals surface area contributed by atoms with Crippen LogP contribution in [-0.4, -0.2) is 37.2 Å². The summed E-state index contributed by atoms with van der Waals surface area (Å²) in [7, 11) is 0. The van der Waals surface area contributed by atoms with Gasteiger partial charge in [0.05, 0.1) is 0 Å². The van der Waals surface area contributed by atoms with Gasteiger partial charge in [-0.25, -0.2) is 0 Å². The van der Waals surface area contributed by atoms with Gasteiger partial charge >= 0.3 is 17.9 Å². The number of unbranched alkanes of at least 4 members (excludes halogenated alkanes) is 30. The van der Waals surface area contributed by atoms with Gasteiger partial charge in [0, 0.05) is 19.3 Å². The molecule has 0 heterocycles. The molecular formula is C60H106O6. The summed E-state index contributed by atoms with van der Waals surface area (Å²) in [6, 6.07) is 0. The summed E-state index contributed by atoms with van der Waals surface area (Å²) >= 11 is 0. The molecule has 1 atom stereocenters. The quantitative estimate of drug-likeness (QED) is 0.0262. The standard InChI is InChI=1S/C60H106O6/c1-4-7-10-13-16-19-22-25-28-30-32-35-38-41-44-47-50-53-59(62)65-56-57(55-64-58(61)52-49-46-43-40-37-34-27-24-21-18-15-12-9-6-3)66-60(63)54-51-48-45-42-39-36-33-31-29-26-23-20-17-14-11-8-5-2/h16-17,19-20,24-29,57H,4-15,18,21-23,30-56H2,1-3H3/b19-16-,20-17-,27-24-,28-25-,29-26-. The van der Waals surface area contributed by atoms with Crippen LogP contribution < -0.4 is 0 Å². The number of hydrogen-bond acceptors (Lipinski definition) is 6. The Hall–Kier alpha value is -2.89. The van der Waals surface area contributed by atoms with E-state index in [-0.39, 0.29) is 31.1 Å². The molecule has 0 aliphatic rings. The van der Waals surface area contributed by atoms with Gasteiger partial charge in [-0.05, 0) is 109 Å². The van der Waals surface area contributed by atoms with Crippen LogP contribution >= 0.6 is 0 Å². The van der Waals surface area contributed by atoms with E-state index >= 15 is 0 Å². The molecule has 0 aromatic carbocycles. The van der Waals surface area contributed by atoms with Gasteiger partial charge in [0.1, 0.15) is 13.2 Å². The molecule has 0 aromatic rings. The first-order chi connectivity index (χ1) is 32.5. The minimum absolute atomic E-state index is 0.0835. The van der Waals surface area contributed by atoms with Crippen LogP contribution in [0.3, 0.4) is 0 Å². The molecule has 0 amide bonds. The molecular weight excluding hydrogens is 817 g/mol. The van der Waals surface area contributed by atoms with Crippen molar-refractivity contribution in [2.45, 2.75) is 290 Å². The van der Waals surface area contributed by atoms with E-state index < -0.39 is 6.10 Å². The Morgan fingerprint density at radius 3 is 0.879 bits per heavy atom. The van der Waals surface area contributed by atoms with Crippen molar-refractivity contribution in [3.05, 3.63) is 60.8 Å². The lowest BCUT2D eigenvalue weighted by Gasteiger charge is -2.18. The topological polar surface area (TPSA) is 78.9 Å². The van der Waals surface area contributed by atoms with Crippen LogP contribution in [-0.2, 0) is 28.6 Å². The molecule has 0 spiro atoms. The molecule has 66 heavy (non-hydrogen) atoms. The maximum absolute atomic E-state index is 12.8. The first kappa shape index (κ1) is 63.1. The van der Waals surface area contributed by atoms with Crippen LogP contribution in [0.25, 0.3) is 0 Å². The lowest BCUT2D eigenvalue weighted by atomic mass is 10.1. The number of allylic oxidation sites excluding steroid dienone is 10. The van der Waals surface area contributed by atoms with E-state index in [2.05, 4.69) is 81.5 Å². The van der Waals surface area contributed by atoms with Crippen LogP contribution in [0.15, 0.2) is 60.8 Å². The Morgan fingerprint density at radius 2 is 0.545 bits per heavy atom. The van der Waals surface area contributed by atoms with Crippen LogP contribution in [0.2, 0.25) is 0 Å². The smallest absolute Gasteiger partial charge is 0.306 e. The molecule has 6 heteroatoms. The Kier molecular flexibility index (Phi) is 52.3. The number of carbonyl (C=O) groups excluding carboxylic acids is 3. The number of rotatable bonds is 51. The maximum Gasteiger partial charge on any atom is 0.306 e. The van der Waals surface area contributed by atoms with E-state index in [0.717, 1.165) is 89.9 Å². The zero-order chi connectivity index (χ0) is 47.9. The highest BCUT2D eigenvalue weighted by atomic mass is 16.6. The van der Waals surface area contributed by atoms with E-state index in [0.29, 0.717) is 19.3 Å². The third-order valence-electron chi connectivity index (χ3n) is 12.2. The monoisotopic (exact) mass is 923 g/mol. The van der Waals surface area contributed by atoms with E-state index in [9.17, 15) is 14.4 Å². The number of hydrogen-bond donors (Lipinski definition) is 0. The second-order valence-electron chi connectivity index (χ2n) is 18.8. The van der Waals surface area contributed by atoms with Gasteiger partial charge < -0.3 is 14.2 Å². The van der Waals surface area contributed by atoms with Crippen molar-refractivity contribution in [1.82, 2.24) is 0 Å². The second kappa shape index (κ2) is 54.7. The Bertz CT molecular complexity index is 1200. The summed E-state index contributed by atoms with van der Waals surface area (Å²) in [6.07, 6.45) is 67.7. The van der Waals surface area contributed by atoms with E-state index in [1.54, 1.807) is 0 Å². The normalized spacial score (nSPS) is 12.5. The fraction of sp³-hybridized carbons (Fsp3) is 0.783. The van der Waals surface area contributed by atoms with Crippen molar-refractivity contribution in [2.24, 2.45) is 0 Å². The number of ether oxygens (including phenoxy) is 3. The average Bonchev–Trinajstić information content (AvgIpc) is 3.31. The molecule has 0 fully saturated rings. The van der Waals surface area contributed by atoms with Crippen molar-refractivity contribution in [2.75, 3.05) is 13.2 Å². The summed E-state index contributed by atoms with van der Waals surface area (Å²) in [5, 5.41) is 0. The third kappa shape index (κ3) is 52.1. The maximum atomic E-state index is 12.8. The lowest BCUT2D eigenvalue weighted by molar-refractivity contribution is -0.167. The summed E-state index contributed by atoms with van der Waals surface area (Å²) < 4.78 is 16.8. The van der Waals surface area contributed by atoms with Crippen molar-refractivity contribution in [1.29, 1.82) is 0 Å². The van der Waals surface area contributed by atoms with Gasteiger partial charge in [-0.15, -0.1) is 0 Å². The molecule has 0 aliphatic carbocycles. The molecule has 382 valence electrons. The molecule has 0 aliphatic heterocycles. The van der Waals surface area contributed by atoms with Crippen molar-refractivity contribution < 1.29 is 28.6 Å². The first-order valence-corrected chi connectivity index (χ1v) is 28.3. The zero-order valence-electron chi connectivity index (χ0n) is 43.7. The average molecular weight is 924 g/mol. The van der Waals surface area contributed by atoms with Gasteiger partial charge in [0.2, 0.25) is 0 Å². The van der Waals surface area contributed by atoms with Crippen molar-refractivity contribution >= 4 is 17.9 Å². The van der Waals surface area contributed by atoms with Gasteiger partial charge in [-0.3, -0.25) is 14.4 Å². The number of esters is 3. The summed E-state index contributed by atoms with van der Waals surface area (Å²) in [5.41, 5.74) is 0. The van der Waals surface area contributed by atoms with E-state index in [4.69, 9.17) is 14.2 Å². The Morgan fingerprint density at radius 1 is 0.303 bits per heavy atom. The molecule has 0 rings (SSSR count). The minimum atomic E-state index is -0.785. The summed E-state index contributed by atoms with van der Waals surface area (Å²) in [4.78, 5) is 38.1. The van der Waals surface area contributed by atoms with Crippen LogP contribution in [0.1, 0.15) is 284 Å². The molecule has 1 unspecified atom stereocenters. The lowest BCUT2D eigenvalue weighted by Crippen LogP contribution is -2.30. The highest BCUT2D eigenvalue weighted by molar-refractivity contribution is 5.71. The predicted octanol–water partition coefficient (Wildman–Crippen LogP) is 18.8. The van der Waals surface area contributed by atoms with Crippen LogP contribution in [0.5, 0.6) is 0 Å².